The van der Waals surface area contributed by atoms with Crippen LogP contribution >= 0.6 is 0 Å². The summed E-state index contributed by atoms with van der Waals surface area (Å²) in [4.78, 5) is 24.9. The molecule has 7 heteroatoms. The lowest BCUT2D eigenvalue weighted by Gasteiger charge is -2.17. The summed E-state index contributed by atoms with van der Waals surface area (Å²) in [6.45, 7) is -0.297. The summed E-state index contributed by atoms with van der Waals surface area (Å²) in [7, 11) is 3.19. The molecule has 6 nitrogen and oxygen atoms in total. The van der Waals surface area contributed by atoms with Gasteiger partial charge in [0.25, 0.3) is 5.91 Å². The van der Waals surface area contributed by atoms with Crippen LogP contribution < -0.4 is 0 Å². The highest BCUT2D eigenvalue weighted by molar-refractivity contribution is 5.90. The Labute approximate surface area is 127 Å². The number of aromatic nitrogens is 2. The molecule has 2 rings (SSSR count). The van der Waals surface area contributed by atoms with Crippen LogP contribution in [0.15, 0.2) is 36.7 Å². The fourth-order valence-corrected chi connectivity index (χ4v) is 1.82. The van der Waals surface area contributed by atoms with E-state index < -0.39 is 18.5 Å². The van der Waals surface area contributed by atoms with E-state index >= 15 is 0 Å². The molecule has 2 aromatic rings. The van der Waals surface area contributed by atoms with Crippen molar-refractivity contribution in [3.05, 3.63) is 53.6 Å². The van der Waals surface area contributed by atoms with E-state index in [1.54, 1.807) is 25.2 Å². The molecule has 0 fully saturated rings. The van der Waals surface area contributed by atoms with E-state index in [0.717, 1.165) is 0 Å². The summed E-state index contributed by atoms with van der Waals surface area (Å²) in [5.41, 5.74) is 0.670. The zero-order chi connectivity index (χ0) is 16.1. The summed E-state index contributed by atoms with van der Waals surface area (Å²) < 4.78 is 19.9. The van der Waals surface area contributed by atoms with Crippen LogP contribution in [0.25, 0.3) is 0 Å². The number of amides is 1. The van der Waals surface area contributed by atoms with Gasteiger partial charge in [0.2, 0.25) is 0 Å². The van der Waals surface area contributed by atoms with Crippen molar-refractivity contribution in [3.63, 3.8) is 0 Å². The van der Waals surface area contributed by atoms with E-state index in [1.165, 1.54) is 35.1 Å². The number of aryl methyl sites for hydroxylation is 1. The maximum absolute atomic E-state index is 13.5. The Hall–Kier alpha value is -2.70. The minimum Gasteiger partial charge on any atom is -0.452 e. The van der Waals surface area contributed by atoms with Gasteiger partial charge in [-0.2, -0.15) is 5.10 Å². The van der Waals surface area contributed by atoms with Gasteiger partial charge in [0.15, 0.2) is 6.61 Å². The van der Waals surface area contributed by atoms with E-state index in [4.69, 9.17) is 4.74 Å². The number of carbonyl (C=O) groups excluding carboxylic acids is 2. The number of rotatable bonds is 5. The van der Waals surface area contributed by atoms with Gasteiger partial charge in [0.1, 0.15) is 5.82 Å². The van der Waals surface area contributed by atoms with Crippen LogP contribution in [0.1, 0.15) is 15.9 Å². The van der Waals surface area contributed by atoms with Gasteiger partial charge in [-0.3, -0.25) is 9.48 Å². The smallest absolute Gasteiger partial charge is 0.341 e. The van der Waals surface area contributed by atoms with Crippen molar-refractivity contribution in [2.75, 3.05) is 13.7 Å². The first kappa shape index (κ1) is 15.7. The molecule has 1 amide bonds. The van der Waals surface area contributed by atoms with Crippen molar-refractivity contribution in [2.24, 2.45) is 7.05 Å². The predicted molar refractivity (Wildman–Crippen MR) is 76.4 cm³/mol. The molecule has 116 valence electrons. The van der Waals surface area contributed by atoms with Crippen LogP contribution in [0.4, 0.5) is 4.39 Å². The molecule has 0 radical (unpaired) electrons. The van der Waals surface area contributed by atoms with Gasteiger partial charge in [-0.15, -0.1) is 0 Å². The van der Waals surface area contributed by atoms with Gasteiger partial charge in [-0.1, -0.05) is 18.2 Å². The Morgan fingerprint density at radius 3 is 2.73 bits per heavy atom. The standard InChI is InChI=1S/C15H16FN3O3/c1-18(8-11-5-3-4-6-13(11)16)14(20)10-22-15(21)12-7-17-19(2)9-12/h3-7,9H,8,10H2,1-2H3. The summed E-state index contributed by atoms with van der Waals surface area (Å²) >= 11 is 0. The van der Waals surface area contributed by atoms with Gasteiger partial charge in [-0.05, 0) is 6.07 Å². The van der Waals surface area contributed by atoms with Crippen molar-refractivity contribution in [2.45, 2.75) is 6.54 Å². The minimum absolute atomic E-state index is 0.107. The normalized spacial score (nSPS) is 10.3. The predicted octanol–water partition coefficient (Wildman–Crippen LogP) is 1.37. The molecule has 0 unspecified atom stereocenters. The number of likely N-dealkylation sites (N-methyl/N-ethyl adjacent to an activating group) is 1. The molecule has 0 N–H and O–H groups in total. The third-order valence-electron chi connectivity index (χ3n) is 3.06. The number of esters is 1. The summed E-state index contributed by atoms with van der Waals surface area (Å²) in [5.74, 6) is -1.42. The van der Waals surface area contributed by atoms with E-state index in [0.29, 0.717) is 5.56 Å². The number of halogens is 1. The van der Waals surface area contributed by atoms with Crippen LogP contribution in [-0.2, 0) is 23.1 Å². The maximum atomic E-state index is 13.5. The number of hydrogen-bond donors (Lipinski definition) is 0. The summed E-state index contributed by atoms with van der Waals surface area (Å²) in [6.07, 6.45) is 2.85. The zero-order valence-corrected chi connectivity index (χ0v) is 12.3. The lowest BCUT2D eigenvalue weighted by Crippen LogP contribution is -2.31. The molecule has 0 spiro atoms. The second-order valence-electron chi connectivity index (χ2n) is 4.82. The van der Waals surface area contributed by atoms with Crippen LogP contribution in [0.3, 0.4) is 0 Å². The molecular formula is C15H16FN3O3. The number of ether oxygens (including phenoxy) is 1. The first-order valence-corrected chi connectivity index (χ1v) is 6.60. The summed E-state index contributed by atoms with van der Waals surface area (Å²) in [6, 6.07) is 6.20. The van der Waals surface area contributed by atoms with Crippen molar-refractivity contribution >= 4 is 11.9 Å². The Morgan fingerprint density at radius 1 is 1.36 bits per heavy atom. The van der Waals surface area contributed by atoms with Crippen LogP contribution in [0.2, 0.25) is 0 Å². The Balaban J connectivity index is 1.86. The number of carbonyl (C=O) groups is 2. The van der Waals surface area contributed by atoms with Crippen molar-refractivity contribution in [1.29, 1.82) is 0 Å². The molecule has 1 heterocycles. The second-order valence-corrected chi connectivity index (χ2v) is 4.82. The van der Waals surface area contributed by atoms with Gasteiger partial charge in [-0.25, -0.2) is 9.18 Å². The Kier molecular flexibility index (Phi) is 4.88. The van der Waals surface area contributed by atoms with Crippen molar-refractivity contribution in [1.82, 2.24) is 14.7 Å². The molecular weight excluding hydrogens is 289 g/mol. The highest BCUT2D eigenvalue weighted by Crippen LogP contribution is 2.09. The molecule has 1 aromatic heterocycles. The monoisotopic (exact) mass is 305 g/mol. The van der Waals surface area contributed by atoms with Gasteiger partial charge >= 0.3 is 5.97 Å². The molecule has 0 aliphatic rings. The van der Waals surface area contributed by atoms with E-state index in [-0.39, 0.29) is 17.9 Å². The van der Waals surface area contributed by atoms with Crippen molar-refractivity contribution in [3.8, 4) is 0 Å². The first-order valence-electron chi connectivity index (χ1n) is 6.60. The lowest BCUT2D eigenvalue weighted by molar-refractivity contribution is -0.133. The zero-order valence-electron chi connectivity index (χ0n) is 12.3. The SMILES string of the molecule is CN(Cc1ccccc1F)C(=O)COC(=O)c1cnn(C)c1. The number of nitrogens with zero attached hydrogens (tertiary/aromatic N) is 3. The van der Waals surface area contributed by atoms with Crippen molar-refractivity contribution < 1.29 is 18.7 Å². The highest BCUT2D eigenvalue weighted by atomic mass is 19.1. The fourth-order valence-electron chi connectivity index (χ4n) is 1.82. The molecule has 0 bridgehead atoms. The van der Waals surface area contributed by atoms with E-state index in [1.807, 2.05) is 0 Å². The van der Waals surface area contributed by atoms with Gasteiger partial charge in [0.05, 0.1) is 11.8 Å². The van der Waals surface area contributed by atoms with Crippen LogP contribution in [0, 0.1) is 5.82 Å². The molecule has 0 aliphatic carbocycles. The quantitative estimate of drug-likeness (QED) is 0.783. The van der Waals surface area contributed by atoms with E-state index in [2.05, 4.69) is 5.10 Å². The molecule has 1 aromatic carbocycles. The minimum atomic E-state index is -0.624. The van der Waals surface area contributed by atoms with Gasteiger partial charge < -0.3 is 9.64 Å². The second kappa shape index (κ2) is 6.84. The molecule has 0 saturated carbocycles. The maximum Gasteiger partial charge on any atom is 0.341 e. The number of hydrogen-bond acceptors (Lipinski definition) is 4. The molecule has 22 heavy (non-hydrogen) atoms. The average Bonchev–Trinajstić information content (AvgIpc) is 2.93. The molecule has 0 aliphatic heterocycles. The largest absolute Gasteiger partial charge is 0.452 e. The molecule has 0 atom stereocenters. The third kappa shape index (κ3) is 3.91. The van der Waals surface area contributed by atoms with Crippen LogP contribution in [-0.4, -0.2) is 40.2 Å². The Morgan fingerprint density at radius 2 is 2.09 bits per heavy atom. The first-order chi connectivity index (χ1) is 10.5. The Bertz CT molecular complexity index is 684. The van der Waals surface area contributed by atoms with Gasteiger partial charge in [0, 0.05) is 32.4 Å². The highest BCUT2D eigenvalue weighted by Gasteiger charge is 2.15. The number of benzene rings is 1. The fraction of sp³-hybridized carbons (Fsp3) is 0.267. The van der Waals surface area contributed by atoms with Crippen LogP contribution in [0.5, 0.6) is 0 Å². The topological polar surface area (TPSA) is 64.4 Å². The molecule has 0 saturated heterocycles. The lowest BCUT2D eigenvalue weighted by atomic mass is 10.2. The summed E-state index contributed by atoms with van der Waals surface area (Å²) in [5, 5.41) is 3.84. The third-order valence-corrected chi connectivity index (χ3v) is 3.06. The van der Waals surface area contributed by atoms with E-state index in [9.17, 15) is 14.0 Å². The average molecular weight is 305 g/mol.